The topological polar surface area (TPSA) is 27.0 Å². The fourth-order valence-corrected chi connectivity index (χ4v) is 3.47. The molecule has 0 atom stereocenters. The first-order chi connectivity index (χ1) is 12.5. The number of nitriles is 1. The third-order valence-electron chi connectivity index (χ3n) is 4.73. The summed E-state index contributed by atoms with van der Waals surface area (Å²) in [5.74, 6) is 6.33. The van der Waals surface area contributed by atoms with Gasteiger partial charge in [-0.1, -0.05) is 55.0 Å². The highest BCUT2D eigenvalue weighted by atomic mass is 35.5. The second-order valence-electron chi connectivity index (χ2n) is 7.17. The smallest absolute Gasteiger partial charge is 0.0992 e. The van der Waals surface area contributed by atoms with Crippen molar-refractivity contribution in [2.75, 3.05) is 18.0 Å². The molecule has 0 radical (unpaired) electrons. The molecule has 0 aliphatic carbocycles. The predicted octanol–water partition coefficient (Wildman–Crippen LogP) is 5.43. The Morgan fingerprint density at radius 1 is 1.12 bits per heavy atom. The van der Waals surface area contributed by atoms with E-state index >= 15 is 0 Å². The van der Waals surface area contributed by atoms with Crippen molar-refractivity contribution < 1.29 is 0 Å². The molecule has 1 fully saturated rings. The fourth-order valence-electron chi connectivity index (χ4n) is 3.29. The van der Waals surface area contributed by atoms with Gasteiger partial charge in [0.1, 0.15) is 0 Å². The average Bonchev–Trinajstić information content (AvgIpc) is 2.63. The largest absolute Gasteiger partial charge is 0.370 e. The number of rotatable bonds is 1. The Labute approximate surface area is 160 Å². The zero-order valence-corrected chi connectivity index (χ0v) is 15.8. The second kappa shape index (κ2) is 7.69. The number of piperidine rings is 1. The summed E-state index contributed by atoms with van der Waals surface area (Å²) in [5, 5.41) is 9.74. The number of hydrogen-bond acceptors (Lipinski definition) is 2. The lowest BCUT2D eigenvalue weighted by molar-refractivity contribution is 0.392. The van der Waals surface area contributed by atoms with Crippen molar-refractivity contribution in [3.8, 4) is 17.9 Å². The molecular weight excluding hydrogens is 340 g/mol. The molecule has 0 spiro atoms. The normalized spacial score (nSPS) is 17.3. The number of benzene rings is 2. The van der Waals surface area contributed by atoms with Crippen LogP contribution in [0.5, 0.6) is 0 Å². The van der Waals surface area contributed by atoms with Crippen LogP contribution < -0.4 is 4.90 Å². The molecule has 0 bridgehead atoms. The SMILES string of the molecule is CC1(C)CN(c2cccc(Cl)c2)CC/C1=C\C#Cc1cccc(C#N)c1. The monoisotopic (exact) mass is 360 g/mol. The van der Waals surface area contributed by atoms with Crippen LogP contribution in [0.1, 0.15) is 31.4 Å². The Morgan fingerprint density at radius 3 is 2.62 bits per heavy atom. The van der Waals surface area contributed by atoms with Gasteiger partial charge >= 0.3 is 0 Å². The van der Waals surface area contributed by atoms with Crippen LogP contribution in [0, 0.1) is 28.6 Å². The van der Waals surface area contributed by atoms with Crippen molar-refractivity contribution in [2.24, 2.45) is 5.41 Å². The van der Waals surface area contributed by atoms with Crippen molar-refractivity contribution in [3.05, 3.63) is 76.3 Å². The highest BCUT2D eigenvalue weighted by Gasteiger charge is 2.30. The lowest BCUT2D eigenvalue weighted by Crippen LogP contribution is -2.41. The molecule has 130 valence electrons. The molecule has 0 N–H and O–H groups in total. The summed E-state index contributed by atoms with van der Waals surface area (Å²) in [4.78, 5) is 2.38. The zero-order valence-electron chi connectivity index (χ0n) is 15.1. The molecule has 1 aliphatic rings. The van der Waals surface area contributed by atoms with Gasteiger partial charge in [-0.25, -0.2) is 0 Å². The first kappa shape index (κ1) is 18.1. The molecule has 1 saturated heterocycles. The van der Waals surface area contributed by atoms with Gasteiger partial charge in [-0.05, 0) is 48.9 Å². The average molecular weight is 361 g/mol. The van der Waals surface area contributed by atoms with Crippen LogP contribution in [-0.4, -0.2) is 13.1 Å². The molecule has 0 saturated carbocycles. The van der Waals surface area contributed by atoms with Gasteiger partial charge in [0.15, 0.2) is 0 Å². The van der Waals surface area contributed by atoms with E-state index in [0.29, 0.717) is 5.56 Å². The Hall–Kier alpha value is -2.68. The summed E-state index contributed by atoms with van der Waals surface area (Å²) < 4.78 is 0. The third kappa shape index (κ3) is 4.29. The molecule has 26 heavy (non-hydrogen) atoms. The fraction of sp³-hybridized carbons (Fsp3) is 0.261. The van der Waals surface area contributed by atoms with E-state index in [1.165, 1.54) is 11.3 Å². The number of nitrogens with zero attached hydrogens (tertiary/aromatic N) is 2. The quantitative estimate of drug-likeness (QED) is 0.634. The maximum atomic E-state index is 8.97. The van der Waals surface area contributed by atoms with E-state index in [4.69, 9.17) is 16.9 Å². The van der Waals surface area contributed by atoms with Crippen LogP contribution in [0.25, 0.3) is 0 Å². The second-order valence-corrected chi connectivity index (χ2v) is 7.60. The van der Waals surface area contributed by atoms with Gasteiger partial charge < -0.3 is 4.90 Å². The minimum Gasteiger partial charge on any atom is -0.370 e. The van der Waals surface area contributed by atoms with E-state index in [0.717, 1.165) is 30.1 Å². The standard InChI is InChI=1S/C23H21ClN2/c1-23(2)17-26(22-11-5-10-21(24)15-22)13-12-20(23)9-4-7-18-6-3-8-19(14-18)16-25/h3,5-6,8-11,14-15H,12-13,17H2,1-2H3/b20-9+. The lowest BCUT2D eigenvalue weighted by Gasteiger charge is -2.41. The van der Waals surface area contributed by atoms with Gasteiger partial charge in [-0.2, -0.15) is 5.26 Å². The van der Waals surface area contributed by atoms with Gasteiger partial charge in [0.05, 0.1) is 11.6 Å². The van der Waals surface area contributed by atoms with Crippen LogP contribution in [0.3, 0.4) is 0 Å². The van der Waals surface area contributed by atoms with Crippen LogP contribution in [0.4, 0.5) is 5.69 Å². The molecular formula is C23H21ClN2. The summed E-state index contributed by atoms with van der Waals surface area (Å²) in [6.45, 7) is 6.41. The molecule has 0 aromatic heterocycles. The van der Waals surface area contributed by atoms with E-state index in [1.807, 2.05) is 42.5 Å². The molecule has 1 heterocycles. The summed E-state index contributed by atoms with van der Waals surface area (Å²) in [7, 11) is 0. The van der Waals surface area contributed by atoms with Gasteiger partial charge in [0.2, 0.25) is 0 Å². The maximum Gasteiger partial charge on any atom is 0.0992 e. The minimum atomic E-state index is 0.0454. The number of halogens is 1. The first-order valence-electron chi connectivity index (χ1n) is 8.70. The Kier molecular flexibility index (Phi) is 5.36. The van der Waals surface area contributed by atoms with E-state index in [1.54, 1.807) is 6.07 Å². The van der Waals surface area contributed by atoms with Crippen molar-refractivity contribution >= 4 is 17.3 Å². The maximum absolute atomic E-state index is 8.97. The Balaban J connectivity index is 1.75. The van der Waals surface area contributed by atoms with Gasteiger partial charge in [-0.15, -0.1) is 0 Å². The minimum absolute atomic E-state index is 0.0454. The van der Waals surface area contributed by atoms with Crippen LogP contribution in [0.15, 0.2) is 60.2 Å². The number of anilines is 1. The molecule has 2 aromatic carbocycles. The van der Waals surface area contributed by atoms with Crippen molar-refractivity contribution in [3.63, 3.8) is 0 Å². The Bertz CT molecular complexity index is 938. The summed E-state index contributed by atoms with van der Waals surface area (Å²) >= 11 is 6.14. The van der Waals surface area contributed by atoms with Gasteiger partial charge in [0, 0.05) is 34.8 Å². The van der Waals surface area contributed by atoms with Crippen LogP contribution in [-0.2, 0) is 0 Å². The van der Waals surface area contributed by atoms with Crippen molar-refractivity contribution in [1.29, 1.82) is 5.26 Å². The van der Waals surface area contributed by atoms with E-state index in [2.05, 4.69) is 42.7 Å². The number of hydrogen-bond donors (Lipinski definition) is 0. The van der Waals surface area contributed by atoms with E-state index in [-0.39, 0.29) is 5.41 Å². The van der Waals surface area contributed by atoms with Gasteiger partial charge in [0.25, 0.3) is 0 Å². The molecule has 2 aromatic rings. The summed E-state index contributed by atoms with van der Waals surface area (Å²) in [5.41, 5.74) is 4.09. The van der Waals surface area contributed by atoms with Crippen LogP contribution >= 0.6 is 11.6 Å². The highest BCUT2D eigenvalue weighted by Crippen LogP contribution is 2.36. The molecule has 3 rings (SSSR count). The molecule has 2 nitrogen and oxygen atoms in total. The molecule has 0 unspecified atom stereocenters. The molecule has 1 aliphatic heterocycles. The van der Waals surface area contributed by atoms with Crippen molar-refractivity contribution in [2.45, 2.75) is 20.3 Å². The Morgan fingerprint density at radius 2 is 1.88 bits per heavy atom. The first-order valence-corrected chi connectivity index (χ1v) is 9.07. The van der Waals surface area contributed by atoms with Gasteiger partial charge in [-0.3, -0.25) is 0 Å². The highest BCUT2D eigenvalue weighted by molar-refractivity contribution is 6.30. The van der Waals surface area contributed by atoms with Crippen LogP contribution in [0.2, 0.25) is 5.02 Å². The zero-order chi connectivity index (χ0) is 18.6. The molecule has 0 amide bonds. The third-order valence-corrected chi connectivity index (χ3v) is 4.97. The predicted molar refractivity (Wildman–Crippen MR) is 108 cm³/mol. The van der Waals surface area contributed by atoms with E-state index < -0.39 is 0 Å². The summed E-state index contributed by atoms with van der Waals surface area (Å²) in [6, 6.07) is 17.6. The summed E-state index contributed by atoms with van der Waals surface area (Å²) in [6.07, 6.45) is 3.03. The lowest BCUT2D eigenvalue weighted by atomic mass is 9.78. The van der Waals surface area contributed by atoms with E-state index in [9.17, 15) is 0 Å². The van der Waals surface area contributed by atoms with Crippen molar-refractivity contribution in [1.82, 2.24) is 0 Å². The number of allylic oxidation sites excluding steroid dienone is 1. The molecule has 3 heteroatoms.